The van der Waals surface area contributed by atoms with Crippen molar-refractivity contribution in [2.75, 3.05) is 0 Å². The standard InChI is InChI=1S/C21H29NO6/c1-13(23)14-8-10-15(11-9-14)18(25)22-16(19(26)28-21(5,6)7)12-17(24)27-20(2,3)4/h8-11,16H,12H2,1-7H3,(H,22,25). The molecule has 0 aliphatic rings. The van der Waals surface area contributed by atoms with E-state index in [9.17, 15) is 19.2 Å². The summed E-state index contributed by atoms with van der Waals surface area (Å²) in [6, 6.07) is 4.80. The number of rotatable bonds is 6. The van der Waals surface area contributed by atoms with Gasteiger partial charge in [0.15, 0.2) is 5.78 Å². The lowest BCUT2D eigenvalue weighted by molar-refractivity contribution is -0.164. The fourth-order valence-electron chi connectivity index (χ4n) is 2.21. The Morgan fingerprint density at radius 3 is 1.75 bits per heavy atom. The molecule has 1 N–H and O–H groups in total. The van der Waals surface area contributed by atoms with Gasteiger partial charge in [0.05, 0.1) is 6.42 Å². The van der Waals surface area contributed by atoms with Gasteiger partial charge in [0.25, 0.3) is 5.91 Å². The van der Waals surface area contributed by atoms with Crippen molar-refractivity contribution in [3.63, 3.8) is 0 Å². The first kappa shape index (κ1) is 23.3. The second-order valence-corrected chi connectivity index (χ2v) is 8.48. The molecule has 1 amide bonds. The monoisotopic (exact) mass is 391 g/mol. The van der Waals surface area contributed by atoms with Crippen molar-refractivity contribution in [2.24, 2.45) is 0 Å². The van der Waals surface area contributed by atoms with Crippen LogP contribution < -0.4 is 5.32 Å². The van der Waals surface area contributed by atoms with Crippen LogP contribution in [-0.4, -0.2) is 40.9 Å². The summed E-state index contributed by atoms with van der Waals surface area (Å²) in [6.45, 7) is 11.6. The molecule has 0 spiro atoms. The average molecular weight is 391 g/mol. The molecule has 1 rings (SSSR count). The van der Waals surface area contributed by atoms with E-state index in [4.69, 9.17) is 9.47 Å². The minimum absolute atomic E-state index is 0.122. The Labute approximate surface area is 165 Å². The number of benzene rings is 1. The molecule has 0 saturated heterocycles. The predicted octanol–water partition coefficient (Wildman–Crippen LogP) is 3.06. The van der Waals surface area contributed by atoms with Crippen molar-refractivity contribution in [1.82, 2.24) is 5.32 Å². The zero-order valence-electron chi connectivity index (χ0n) is 17.5. The minimum atomic E-state index is -1.20. The summed E-state index contributed by atoms with van der Waals surface area (Å²) >= 11 is 0. The van der Waals surface area contributed by atoms with Gasteiger partial charge in [-0.25, -0.2) is 4.79 Å². The lowest BCUT2D eigenvalue weighted by atomic mass is 10.1. The Hall–Kier alpha value is -2.70. The number of hydrogen-bond donors (Lipinski definition) is 1. The summed E-state index contributed by atoms with van der Waals surface area (Å²) in [7, 11) is 0. The predicted molar refractivity (Wildman–Crippen MR) is 104 cm³/mol. The topological polar surface area (TPSA) is 98.8 Å². The fraction of sp³-hybridized carbons (Fsp3) is 0.524. The minimum Gasteiger partial charge on any atom is -0.460 e. The number of Topliss-reactive ketones (excluding diaryl/α,β-unsaturated/α-hetero) is 1. The van der Waals surface area contributed by atoms with E-state index in [1.165, 1.54) is 31.2 Å². The third-order valence-electron chi connectivity index (χ3n) is 3.34. The molecule has 0 fully saturated rings. The van der Waals surface area contributed by atoms with Crippen LogP contribution in [0.1, 0.15) is 75.6 Å². The first-order valence-electron chi connectivity index (χ1n) is 9.04. The highest BCUT2D eigenvalue weighted by atomic mass is 16.6. The van der Waals surface area contributed by atoms with E-state index in [2.05, 4.69) is 5.32 Å². The van der Waals surface area contributed by atoms with Crippen molar-refractivity contribution in [3.05, 3.63) is 35.4 Å². The maximum absolute atomic E-state index is 12.5. The third-order valence-corrected chi connectivity index (χ3v) is 3.34. The van der Waals surface area contributed by atoms with Crippen LogP contribution in [0.3, 0.4) is 0 Å². The van der Waals surface area contributed by atoms with Crippen LogP contribution in [0.2, 0.25) is 0 Å². The Bertz CT molecular complexity index is 738. The van der Waals surface area contributed by atoms with Gasteiger partial charge in [0.1, 0.15) is 17.2 Å². The maximum Gasteiger partial charge on any atom is 0.329 e. The molecule has 7 nitrogen and oxygen atoms in total. The van der Waals surface area contributed by atoms with Gasteiger partial charge in [0, 0.05) is 11.1 Å². The van der Waals surface area contributed by atoms with Crippen LogP contribution in [0.25, 0.3) is 0 Å². The number of hydrogen-bond acceptors (Lipinski definition) is 6. The number of ketones is 1. The first-order valence-corrected chi connectivity index (χ1v) is 9.04. The van der Waals surface area contributed by atoms with Crippen molar-refractivity contribution in [2.45, 2.75) is 72.1 Å². The van der Waals surface area contributed by atoms with Gasteiger partial charge in [-0.15, -0.1) is 0 Å². The van der Waals surface area contributed by atoms with Gasteiger partial charge in [0.2, 0.25) is 0 Å². The van der Waals surface area contributed by atoms with Crippen LogP contribution in [0.5, 0.6) is 0 Å². The van der Waals surface area contributed by atoms with E-state index in [1.54, 1.807) is 41.5 Å². The molecule has 0 saturated carbocycles. The lowest BCUT2D eigenvalue weighted by Crippen LogP contribution is -2.46. The highest BCUT2D eigenvalue weighted by Crippen LogP contribution is 2.14. The van der Waals surface area contributed by atoms with Crippen molar-refractivity contribution in [1.29, 1.82) is 0 Å². The van der Waals surface area contributed by atoms with Gasteiger partial charge >= 0.3 is 11.9 Å². The Morgan fingerprint density at radius 2 is 1.32 bits per heavy atom. The van der Waals surface area contributed by atoms with E-state index in [1.807, 2.05) is 0 Å². The second-order valence-electron chi connectivity index (χ2n) is 8.48. The highest BCUT2D eigenvalue weighted by molar-refractivity contribution is 5.99. The molecule has 0 radical (unpaired) electrons. The van der Waals surface area contributed by atoms with Crippen LogP contribution in [0, 0.1) is 0 Å². The normalized spacial score (nSPS) is 12.7. The van der Waals surface area contributed by atoms with E-state index < -0.39 is 35.1 Å². The molecule has 0 aliphatic carbocycles. The van der Waals surface area contributed by atoms with Crippen LogP contribution in [0.4, 0.5) is 0 Å². The summed E-state index contributed by atoms with van der Waals surface area (Å²) in [5.74, 6) is -2.04. The summed E-state index contributed by atoms with van der Waals surface area (Å²) in [6.07, 6.45) is -0.358. The van der Waals surface area contributed by atoms with Gasteiger partial charge in [-0.05, 0) is 60.6 Å². The van der Waals surface area contributed by atoms with E-state index in [-0.39, 0.29) is 17.8 Å². The molecule has 1 aromatic carbocycles. The molecular weight excluding hydrogens is 362 g/mol. The SMILES string of the molecule is CC(=O)c1ccc(C(=O)NC(CC(=O)OC(C)(C)C)C(=O)OC(C)(C)C)cc1. The molecule has 7 heteroatoms. The van der Waals surface area contributed by atoms with Gasteiger partial charge < -0.3 is 14.8 Å². The van der Waals surface area contributed by atoms with Crippen LogP contribution >= 0.6 is 0 Å². The Morgan fingerprint density at radius 1 is 0.857 bits per heavy atom. The van der Waals surface area contributed by atoms with Gasteiger partial charge in [-0.3, -0.25) is 14.4 Å². The Balaban J connectivity index is 2.96. The number of carbonyl (C=O) groups excluding carboxylic acids is 4. The smallest absolute Gasteiger partial charge is 0.329 e. The molecule has 0 aromatic heterocycles. The zero-order chi connectivity index (χ0) is 21.7. The van der Waals surface area contributed by atoms with Crippen LogP contribution in [0.15, 0.2) is 24.3 Å². The van der Waals surface area contributed by atoms with Gasteiger partial charge in [-0.1, -0.05) is 12.1 Å². The number of carbonyl (C=O) groups is 4. The molecule has 0 bridgehead atoms. The molecule has 1 atom stereocenters. The molecule has 0 heterocycles. The van der Waals surface area contributed by atoms with E-state index in [0.29, 0.717) is 5.56 Å². The molecular formula is C21H29NO6. The largest absolute Gasteiger partial charge is 0.460 e. The molecule has 1 unspecified atom stereocenters. The summed E-state index contributed by atoms with van der Waals surface area (Å²) in [5.41, 5.74) is -0.782. The number of nitrogens with one attached hydrogen (secondary N) is 1. The summed E-state index contributed by atoms with van der Waals surface area (Å²) in [4.78, 5) is 48.5. The maximum atomic E-state index is 12.5. The van der Waals surface area contributed by atoms with Crippen LogP contribution in [-0.2, 0) is 19.1 Å². The molecule has 1 aromatic rings. The molecule has 28 heavy (non-hydrogen) atoms. The quantitative estimate of drug-likeness (QED) is 0.591. The number of ether oxygens (including phenoxy) is 2. The molecule has 0 aliphatic heterocycles. The Kier molecular flexibility index (Phi) is 7.50. The third kappa shape index (κ3) is 8.33. The van der Waals surface area contributed by atoms with Crippen molar-refractivity contribution >= 4 is 23.6 Å². The van der Waals surface area contributed by atoms with Gasteiger partial charge in [-0.2, -0.15) is 0 Å². The fourth-order valence-corrected chi connectivity index (χ4v) is 2.21. The average Bonchev–Trinajstić information content (AvgIpc) is 2.50. The number of amides is 1. The summed E-state index contributed by atoms with van der Waals surface area (Å²) in [5, 5.41) is 2.52. The highest BCUT2D eigenvalue weighted by Gasteiger charge is 2.31. The summed E-state index contributed by atoms with van der Waals surface area (Å²) < 4.78 is 10.6. The van der Waals surface area contributed by atoms with E-state index in [0.717, 1.165) is 0 Å². The number of esters is 2. The molecule has 154 valence electrons. The van der Waals surface area contributed by atoms with Crippen molar-refractivity contribution in [3.8, 4) is 0 Å². The first-order chi connectivity index (χ1) is 12.7. The van der Waals surface area contributed by atoms with Crippen molar-refractivity contribution < 1.29 is 28.7 Å². The zero-order valence-corrected chi connectivity index (χ0v) is 17.5. The van der Waals surface area contributed by atoms with E-state index >= 15 is 0 Å². The lowest BCUT2D eigenvalue weighted by Gasteiger charge is -2.25. The second kappa shape index (κ2) is 8.99.